The van der Waals surface area contributed by atoms with E-state index in [0.29, 0.717) is 22.6 Å². The lowest BCUT2D eigenvalue weighted by molar-refractivity contribution is -0.138. The zero-order valence-electron chi connectivity index (χ0n) is 24.4. The van der Waals surface area contributed by atoms with E-state index in [4.69, 9.17) is 14.5 Å². The van der Waals surface area contributed by atoms with Crippen molar-refractivity contribution in [2.75, 3.05) is 25.1 Å². The monoisotopic (exact) mass is 597 g/mol. The van der Waals surface area contributed by atoms with Crippen LogP contribution in [0.2, 0.25) is 0 Å². The Balaban J connectivity index is 1.54. The quantitative estimate of drug-likeness (QED) is 0.289. The van der Waals surface area contributed by atoms with Crippen molar-refractivity contribution in [3.63, 3.8) is 0 Å². The highest BCUT2D eigenvalue weighted by atomic mass is 19.4. The van der Waals surface area contributed by atoms with Crippen LogP contribution in [0.4, 0.5) is 23.8 Å². The largest absolute Gasteiger partial charge is 0.496 e. The SMILES string of the molecule is COc1ccc(C(C)(C)CC(=O)O)cc1-c1ccc(N2CCC2)nc1CN1C(=O)OC(c2cccc(C(F)(F)F)c2)C1C. The number of anilines is 1. The number of ether oxygens (including phenoxy) is 2. The molecule has 228 valence electrons. The number of carbonyl (C=O) groups is 2. The van der Waals surface area contributed by atoms with Crippen LogP contribution in [0.3, 0.4) is 0 Å². The van der Waals surface area contributed by atoms with E-state index in [0.717, 1.165) is 43.0 Å². The number of nitrogens with zero attached hydrogens (tertiary/aromatic N) is 3. The number of carboxylic acid groups (broad SMARTS) is 1. The minimum Gasteiger partial charge on any atom is -0.496 e. The summed E-state index contributed by atoms with van der Waals surface area (Å²) in [6.45, 7) is 7.20. The number of alkyl halides is 3. The standard InChI is InChI=1S/C32H34F3N3O5/c1-19-29(20-7-5-8-22(15-20)32(33,34)35)43-30(41)38(19)18-25-23(10-12-27(36-25)37-13-6-14-37)24-16-21(9-11-26(24)42-4)31(2,3)17-28(39)40/h5,7-12,15-16,19,29H,6,13-14,17-18H2,1-4H3,(H,39,40). The van der Waals surface area contributed by atoms with Gasteiger partial charge in [0, 0.05) is 29.6 Å². The Hall–Kier alpha value is -4.28. The summed E-state index contributed by atoms with van der Waals surface area (Å²) in [5.41, 5.74) is 1.50. The summed E-state index contributed by atoms with van der Waals surface area (Å²) in [5, 5.41) is 9.48. The van der Waals surface area contributed by atoms with Crippen LogP contribution in [0.1, 0.15) is 62.1 Å². The fraction of sp³-hybridized carbons (Fsp3) is 0.406. The number of pyridine rings is 1. The van der Waals surface area contributed by atoms with Crippen LogP contribution >= 0.6 is 0 Å². The fourth-order valence-corrected chi connectivity index (χ4v) is 5.61. The third-order valence-electron chi connectivity index (χ3n) is 8.26. The summed E-state index contributed by atoms with van der Waals surface area (Å²) < 4.78 is 51.5. The van der Waals surface area contributed by atoms with E-state index in [-0.39, 0.29) is 18.5 Å². The van der Waals surface area contributed by atoms with Crippen LogP contribution in [-0.2, 0) is 27.7 Å². The lowest BCUT2D eigenvalue weighted by Crippen LogP contribution is -2.38. The third kappa shape index (κ3) is 6.11. The summed E-state index contributed by atoms with van der Waals surface area (Å²) >= 11 is 0. The lowest BCUT2D eigenvalue weighted by Gasteiger charge is -2.33. The number of cyclic esters (lactones) is 1. The Morgan fingerprint density at radius 1 is 1.07 bits per heavy atom. The van der Waals surface area contributed by atoms with E-state index < -0.39 is 41.4 Å². The fourth-order valence-electron chi connectivity index (χ4n) is 5.61. The van der Waals surface area contributed by atoms with Crippen molar-refractivity contribution in [2.45, 2.75) is 63.9 Å². The number of aliphatic carboxylic acids is 1. The summed E-state index contributed by atoms with van der Waals surface area (Å²) in [4.78, 5) is 33.3. The van der Waals surface area contributed by atoms with Gasteiger partial charge in [-0.1, -0.05) is 32.0 Å². The van der Waals surface area contributed by atoms with Gasteiger partial charge in [0.05, 0.1) is 37.4 Å². The van der Waals surface area contributed by atoms with Gasteiger partial charge in [-0.3, -0.25) is 9.69 Å². The summed E-state index contributed by atoms with van der Waals surface area (Å²) in [7, 11) is 1.54. The molecule has 2 aliphatic heterocycles. The topological polar surface area (TPSA) is 92.2 Å². The lowest BCUT2D eigenvalue weighted by atomic mass is 9.80. The number of methoxy groups -OCH3 is 1. The van der Waals surface area contributed by atoms with E-state index in [2.05, 4.69) is 4.90 Å². The van der Waals surface area contributed by atoms with Crippen LogP contribution in [0.25, 0.3) is 11.1 Å². The molecule has 5 rings (SSSR count). The van der Waals surface area contributed by atoms with E-state index in [1.165, 1.54) is 17.0 Å². The van der Waals surface area contributed by atoms with E-state index in [1.807, 2.05) is 38.1 Å². The number of carboxylic acids is 1. The molecule has 2 saturated heterocycles. The molecule has 2 fully saturated rings. The van der Waals surface area contributed by atoms with Gasteiger partial charge in [0.25, 0.3) is 0 Å². The molecule has 2 aliphatic rings. The van der Waals surface area contributed by atoms with Crippen LogP contribution in [0.5, 0.6) is 5.75 Å². The van der Waals surface area contributed by atoms with Crippen LogP contribution < -0.4 is 9.64 Å². The average Bonchev–Trinajstić information content (AvgIpc) is 3.19. The molecule has 8 nitrogen and oxygen atoms in total. The maximum atomic E-state index is 13.4. The van der Waals surface area contributed by atoms with Gasteiger partial charge in [-0.25, -0.2) is 9.78 Å². The number of halogens is 3. The smallest absolute Gasteiger partial charge is 0.416 e. The maximum Gasteiger partial charge on any atom is 0.416 e. The highest BCUT2D eigenvalue weighted by Gasteiger charge is 2.41. The first kappa shape index (κ1) is 30.2. The molecule has 3 heterocycles. The zero-order valence-corrected chi connectivity index (χ0v) is 24.4. The molecule has 1 amide bonds. The third-order valence-corrected chi connectivity index (χ3v) is 8.26. The second-order valence-corrected chi connectivity index (χ2v) is 11.7. The Labute approximate surface area is 248 Å². The highest BCUT2D eigenvalue weighted by Crippen LogP contribution is 2.41. The number of rotatable bonds is 9. The first-order valence-corrected chi connectivity index (χ1v) is 14.1. The van der Waals surface area contributed by atoms with Crippen LogP contribution in [0.15, 0.2) is 54.6 Å². The van der Waals surface area contributed by atoms with E-state index >= 15 is 0 Å². The number of hydrogen-bond acceptors (Lipinski definition) is 6. The number of hydrogen-bond donors (Lipinski definition) is 1. The maximum absolute atomic E-state index is 13.4. The number of carbonyl (C=O) groups excluding carboxylic acids is 1. The summed E-state index contributed by atoms with van der Waals surface area (Å²) in [6, 6.07) is 13.6. The molecule has 2 unspecified atom stereocenters. The van der Waals surface area contributed by atoms with Gasteiger partial charge in [-0.15, -0.1) is 0 Å². The summed E-state index contributed by atoms with van der Waals surface area (Å²) in [5.74, 6) is 0.384. The number of amides is 1. The molecule has 43 heavy (non-hydrogen) atoms. The molecule has 0 spiro atoms. The number of benzene rings is 2. The predicted molar refractivity (Wildman–Crippen MR) is 154 cm³/mol. The molecular formula is C32H34F3N3O5. The van der Waals surface area contributed by atoms with Crippen molar-refractivity contribution >= 4 is 17.9 Å². The molecule has 0 saturated carbocycles. The molecule has 11 heteroatoms. The second kappa shape index (κ2) is 11.4. The molecular weight excluding hydrogens is 563 g/mol. The van der Waals surface area contributed by atoms with Gasteiger partial charge in [0.1, 0.15) is 17.7 Å². The van der Waals surface area contributed by atoms with Gasteiger partial charge < -0.3 is 19.5 Å². The van der Waals surface area contributed by atoms with Gasteiger partial charge >= 0.3 is 18.2 Å². The Bertz CT molecular complexity index is 1540. The second-order valence-electron chi connectivity index (χ2n) is 11.7. The molecule has 0 bridgehead atoms. The predicted octanol–water partition coefficient (Wildman–Crippen LogP) is 6.82. The van der Waals surface area contributed by atoms with Crippen molar-refractivity contribution in [3.05, 3.63) is 77.0 Å². The minimum absolute atomic E-state index is 0.0401. The molecule has 1 aromatic heterocycles. The minimum atomic E-state index is -4.52. The first-order valence-electron chi connectivity index (χ1n) is 14.1. The van der Waals surface area contributed by atoms with E-state index in [1.54, 1.807) is 20.1 Å². The molecule has 2 atom stereocenters. The van der Waals surface area contributed by atoms with Gasteiger partial charge in [0.2, 0.25) is 0 Å². The molecule has 2 aromatic carbocycles. The Morgan fingerprint density at radius 3 is 2.44 bits per heavy atom. The highest BCUT2D eigenvalue weighted by molar-refractivity contribution is 5.77. The molecule has 3 aromatic rings. The van der Waals surface area contributed by atoms with Gasteiger partial charge in [-0.2, -0.15) is 13.2 Å². The van der Waals surface area contributed by atoms with Crippen molar-refractivity contribution in [3.8, 4) is 16.9 Å². The molecule has 1 N–H and O–H groups in total. The normalized spacial score (nSPS) is 18.8. The number of aromatic nitrogens is 1. The first-order chi connectivity index (χ1) is 20.3. The van der Waals surface area contributed by atoms with Gasteiger partial charge in [-0.05, 0) is 60.9 Å². The summed E-state index contributed by atoms with van der Waals surface area (Å²) in [6.07, 6.45) is -5.11. The van der Waals surface area contributed by atoms with Crippen molar-refractivity contribution < 1.29 is 37.3 Å². The van der Waals surface area contributed by atoms with Crippen molar-refractivity contribution in [1.82, 2.24) is 9.88 Å². The van der Waals surface area contributed by atoms with Gasteiger partial charge in [0.15, 0.2) is 0 Å². The van der Waals surface area contributed by atoms with Crippen molar-refractivity contribution in [1.29, 1.82) is 0 Å². The van der Waals surface area contributed by atoms with Crippen LogP contribution in [0, 0.1) is 0 Å². The molecule has 0 radical (unpaired) electrons. The van der Waals surface area contributed by atoms with Crippen LogP contribution in [-0.4, -0.2) is 53.3 Å². The van der Waals surface area contributed by atoms with Crippen molar-refractivity contribution in [2.24, 2.45) is 0 Å². The Kier molecular flexibility index (Phi) is 8.02. The zero-order chi connectivity index (χ0) is 31.1. The van der Waals surface area contributed by atoms with E-state index in [9.17, 15) is 27.9 Å². The average molecular weight is 598 g/mol. The molecule has 0 aliphatic carbocycles. The Morgan fingerprint density at radius 2 is 1.81 bits per heavy atom.